The average Bonchev–Trinajstić information content (AvgIpc) is 2.27. The van der Waals surface area contributed by atoms with E-state index in [4.69, 9.17) is 0 Å². The molecule has 1 N–H and O–H groups in total. The Morgan fingerprint density at radius 2 is 1.38 bits per heavy atom. The van der Waals surface area contributed by atoms with Gasteiger partial charge < -0.3 is 9.47 Å². The second-order valence-corrected chi connectivity index (χ2v) is 3.33. The Morgan fingerprint density at radius 1 is 1.00 bits per heavy atom. The van der Waals surface area contributed by atoms with E-state index in [1.54, 1.807) is 13.8 Å². The molecule has 1 aromatic rings. The number of esters is 2. The van der Waals surface area contributed by atoms with E-state index in [9.17, 15) is 9.59 Å². The summed E-state index contributed by atoms with van der Waals surface area (Å²) in [5, 5.41) is 0. The van der Waals surface area contributed by atoms with E-state index >= 15 is 0 Å². The summed E-state index contributed by atoms with van der Waals surface area (Å²) in [5.74, 6) is -0.974. The Morgan fingerprint density at radius 3 is 1.69 bits per heavy atom. The van der Waals surface area contributed by atoms with Crippen LogP contribution in [0.1, 0.15) is 32.1 Å². The highest BCUT2D eigenvalue weighted by Gasteiger charge is 2.22. The van der Waals surface area contributed by atoms with Gasteiger partial charge in [-0.15, -0.1) is 0 Å². The number of methoxy groups -OCH3 is 2. The number of rotatable bonds is 2. The molecule has 0 spiro atoms. The van der Waals surface area contributed by atoms with Crippen LogP contribution in [-0.4, -0.2) is 26.2 Å². The van der Waals surface area contributed by atoms with Gasteiger partial charge in [0.05, 0.1) is 14.2 Å². The normalized spacial score (nSPS) is 9.75. The number of carbonyl (C=O) groups excluding carboxylic acids is 2. The number of carbonyl (C=O) groups is 2. The van der Waals surface area contributed by atoms with Crippen LogP contribution < -0.4 is 4.98 Å². The minimum Gasteiger partial charge on any atom is -0.465 e. The molecule has 1 aromatic heterocycles. The molecule has 1 rings (SSSR count). The minimum absolute atomic E-state index is 0.327. The number of ether oxygens (including phenoxy) is 2. The molecule has 16 heavy (non-hydrogen) atoms. The molecule has 86 valence electrons. The van der Waals surface area contributed by atoms with E-state index < -0.39 is 11.9 Å². The third kappa shape index (κ3) is 2.18. The Hall–Kier alpha value is -1.91. The lowest BCUT2D eigenvalue weighted by Crippen LogP contribution is -2.22. The summed E-state index contributed by atoms with van der Waals surface area (Å²) in [5.41, 5.74) is 1.95. The molecule has 0 aromatic carbocycles. The van der Waals surface area contributed by atoms with Crippen molar-refractivity contribution in [3.63, 3.8) is 0 Å². The van der Waals surface area contributed by atoms with Crippen molar-refractivity contribution in [1.82, 2.24) is 0 Å². The zero-order chi connectivity index (χ0) is 12.3. The lowest BCUT2D eigenvalue weighted by molar-refractivity contribution is -0.397. The van der Waals surface area contributed by atoms with Crippen molar-refractivity contribution in [3.8, 4) is 0 Å². The van der Waals surface area contributed by atoms with Crippen LogP contribution in [0.2, 0.25) is 0 Å². The second-order valence-electron chi connectivity index (χ2n) is 3.33. The second kappa shape index (κ2) is 4.74. The highest BCUT2D eigenvalue weighted by Crippen LogP contribution is 2.11. The van der Waals surface area contributed by atoms with Crippen molar-refractivity contribution in [3.05, 3.63) is 28.6 Å². The zero-order valence-electron chi connectivity index (χ0n) is 9.71. The third-order valence-corrected chi connectivity index (χ3v) is 2.28. The molecule has 0 atom stereocenters. The Bertz CT molecular complexity index is 403. The summed E-state index contributed by atoms with van der Waals surface area (Å²) in [6.07, 6.45) is 0. The third-order valence-electron chi connectivity index (χ3n) is 2.28. The molecule has 0 radical (unpaired) electrons. The number of pyridine rings is 1. The van der Waals surface area contributed by atoms with Crippen LogP contribution in [-0.2, 0) is 9.47 Å². The molecule has 0 aliphatic carbocycles. The molecule has 0 fully saturated rings. The molecular weight excluding hydrogens is 210 g/mol. The van der Waals surface area contributed by atoms with E-state index in [0.717, 1.165) is 0 Å². The molecule has 5 nitrogen and oxygen atoms in total. The Balaban J connectivity index is 3.32. The van der Waals surface area contributed by atoms with Crippen LogP contribution in [0.3, 0.4) is 0 Å². The Kier molecular flexibility index (Phi) is 3.60. The van der Waals surface area contributed by atoms with E-state index in [0.29, 0.717) is 22.5 Å². The van der Waals surface area contributed by atoms with Gasteiger partial charge in [-0.1, -0.05) is 0 Å². The molecule has 5 heteroatoms. The van der Waals surface area contributed by atoms with Gasteiger partial charge in [0.15, 0.2) is 11.4 Å². The van der Waals surface area contributed by atoms with E-state index in [1.165, 1.54) is 20.3 Å². The number of aromatic nitrogens is 1. The fourth-order valence-electron chi connectivity index (χ4n) is 1.42. The zero-order valence-corrected chi connectivity index (χ0v) is 9.71. The molecule has 0 aliphatic rings. The van der Waals surface area contributed by atoms with Crippen molar-refractivity contribution in [2.45, 2.75) is 13.8 Å². The van der Waals surface area contributed by atoms with Gasteiger partial charge in [0.1, 0.15) is 11.1 Å². The first-order valence-electron chi connectivity index (χ1n) is 4.71. The van der Waals surface area contributed by atoms with Crippen molar-refractivity contribution >= 4 is 11.9 Å². The lowest BCUT2D eigenvalue weighted by Gasteiger charge is -2.03. The van der Waals surface area contributed by atoms with Gasteiger partial charge in [-0.25, -0.2) is 14.6 Å². The van der Waals surface area contributed by atoms with Gasteiger partial charge in [0, 0.05) is 13.8 Å². The highest BCUT2D eigenvalue weighted by atomic mass is 16.5. The van der Waals surface area contributed by atoms with Crippen molar-refractivity contribution in [1.29, 1.82) is 0 Å². The monoisotopic (exact) mass is 224 g/mol. The summed E-state index contributed by atoms with van der Waals surface area (Å²) in [6, 6.07) is 1.47. The van der Waals surface area contributed by atoms with E-state index in [1.807, 2.05) is 0 Å². The summed E-state index contributed by atoms with van der Waals surface area (Å²) in [4.78, 5) is 25.8. The van der Waals surface area contributed by atoms with Gasteiger partial charge in [-0.05, 0) is 6.07 Å². The lowest BCUT2D eigenvalue weighted by atomic mass is 10.1. The predicted molar refractivity (Wildman–Crippen MR) is 55.2 cm³/mol. The maximum absolute atomic E-state index is 11.4. The molecule has 0 aliphatic heterocycles. The van der Waals surface area contributed by atoms with Crippen LogP contribution in [0.25, 0.3) is 0 Å². The molecule has 0 saturated carbocycles. The highest BCUT2D eigenvalue weighted by molar-refractivity contribution is 5.95. The van der Waals surface area contributed by atoms with Crippen molar-refractivity contribution in [2.75, 3.05) is 14.2 Å². The summed E-state index contributed by atoms with van der Waals surface area (Å²) in [7, 11) is 2.58. The SMILES string of the molecule is COC(=O)c1cc(C(=O)OC)c(C)[nH+]c1C. The first-order chi connectivity index (χ1) is 7.51. The smallest absolute Gasteiger partial charge is 0.344 e. The van der Waals surface area contributed by atoms with Crippen LogP contribution in [0.5, 0.6) is 0 Å². The largest absolute Gasteiger partial charge is 0.465 e. The number of hydrogen-bond acceptors (Lipinski definition) is 4. The fourth-order valence-corrected chi connectivity index (χ4v) is 1.42. The van der Waals surface area contributed by atoms with Gasteiger partial charge in [0.2, 0.25) is 0 Å². The minimum atomic E-state index is -0.487. The molecule has 0 bridgehead atoms. The van der Waals surface area contributed by atoms with Crippen molar-refractivity contribution < 1.29 is 24.0 Å². The molecule has 1 heterocycles. The first kappa shape index (κ1) is 12.2. The molecule has 0 unspecified atom stereocenters. The fraction of sp³-hybridized carbons (Fsp3) is 0.364. The standard InChI is InChI=1S/C11H13NO4/c1-6-8(10(13)15-3)5-9(7(2)12-6)11(14)16-4/h5H,1-4H3/p+1. The van der Waals surface area contributed by atoms with Gasteiger partial charge in [0.25, 0.3) is 0 Å². The summed E-state index contributed by atoms with van der Waals surface area (Å²) in [6.45, 7) is 3.47. The quantitative estimate of drug-likeness (QED) is 0.693. The topological polar surface area (TPSA) is 66.7 Å². The van der Waals surface area contributed by atoms with Gasteiger partial charge in [-0.3, -0.25) is 0 Å². The predicted octanol–water partition coefficient (Wildman–Crippen LogP) is 0.691. The molecule has 0 amide bonds. The van der Waals surface area contributed by atoms with Crippen LogP contribution >= 0.6 is 0 Å². The van der Waals surface area contributed by atoms with Crippen LogP contribution in [0, 0.1) is 13.8 Å². The summed E-state index contributed by atoms with van der Waals surface area (Å²) < 4.78 is 9.23. The van der Waals surface area contributed by atoms with Crippen molar-refractivity contribution in [2.24, 2.45) is 0 Å². The first-order valence-corrected chi connectivity index (χ1v) is 4.71. The van der Waals surface area contributed by atoms with Gasteiger partial charge in [-0.2, -0.15) is 0 Å². The van der Waals surface area contributed by atoms with E-state index in [-0.39, 0.29) is 0 Å². The molecular formula is C11H14NO4+. The average molecular weight is 224 g/mol. The maximum atomic E-state index is 11.4. The number of aryl methyl sites for hydroxylation is 2. The number of aromatic amines is 1. The number of nitrogens with one attached hydrogen (secondary N) is 1. The van der Waals surface area contributed by atoms with Crippen LogP contribution in [0.15, 0.2) is 6.07 Å². The molecule has 0 saturated heterocycles. The van der Waals surface area contributed by atoms with E-state index in [2.05, 4.69) is 14.5 Å². The summed E-state index contributed by atoms with van der Waals surface area (Å²) >= 11 is 0. The van der Waals surface area contributed by atoms with Crippen LogP contribution in [0.4, 0.5) is 0 Å². The maximum Gasteiger partial charge on any atom is 0.344 e. The van der Waals surface area contributed by atoms with Gasteiger partial charge >= 0.3 is 11.9 Å². The number of hydrogen-bond donors (Lipinski definition) is 0. The Labute approximate surface area is 93.4 Å². The number of H-pyrrole nitrogens is 1.